The van der Waals surface area contributed by atoms with E-state index >= 15 is 0 Å². The number of alkyl halides is 1. The van der Waals surface area contributed by atoms with Crippen LogP contribution in [0.1, 0.15) is 19.7 Å². The van der Waals surface area contributed by atoms with Gasteiger partial charge in [0.2, 0.25) is 5.91 Å². The number of aromatic nitrogens is 2. The predicted octanol–water partition coefficient (Wildman–Crippen LogP) is 2.05. The minimum Gasteiger partial charge on any atom is -0.497 e. The Bertz CT molecular complexity index is 649. The quantitative estimate of drug-likeness (QED) is 0.858. The van der Waals surface area contributed by atoms with Crippen molar-refractivity contribution in [3.63, 3.8) is 0 Å². The van der Waals surface area contributed by atoms with E-state index in [0.717, 1.165) is 16.9 Å². The lowest BCUT2D eigenvalue weighted by atomic mass is 10.0. The van der Waals surface area contributed by atoms with Crippen molar-refractivity contribution < 1.29 is 9.53 Å². The van der Waals surface area contributed by atoms with E-state index in [9.17, 15) is 4.79 Å². The monoisotopic (exact) mass is 295 g/mol. The molecule has 1 aromatic heterocycles. The molecule has 0 bridgehead atoms. The van der Waals surface area contributed by atoms with Crippen molar-refractivity contribution in [3.8, 4) is 5.75 Å². The second-order valence-electron chi connectivity index (χ2n) is 5.08. The molecule has 1 aromatic carbocycles. The minimum absolute atomic E-state index is 0.421. The number of rotatable bonds is 5. The van der Waals surface area contributed by atoms with Crippen molar-refractivity contribution in [2.45, 2.75) is 25.8 Å². The molecule has 0 radical (unpaired) electrons. The number of methoxy groups -OCH3 is 1. The summed E-state index contributed by atoms with van der Waals surface area (Å²) in [4.78, 5) is 16.3. The highest BCUT2D eigenvalue weighted by Crippen LogP contribution is 2.28. The van der Waals surface area contributed by atoms with Crippen molar-refractivity contribution in [1.29, 1.82) is 0 Å². The number of amides is 1. The van der Waals surface area contributed by atoms with Crippen LogP contribution >= 0.6 is 11.6 Å². The summed E-state index contributed by atoms with van der Waals surface area (Å²) in [6.45, 7) is 3.54. The van der Waals surface area contributed by atoms with E-state index in [-0.39, 0.29) is 0 Å². The highest BCUT2D eigenvalue weighted by molar-refractivity contribution is 6.17. The van der Waals surface area contributed by atoms with Gasteiger partial charge in [-0.1, -0.05) is 0 Å². The molecule has 2 rings (SSSR count). The Balaban J connectivity index is 2.75. The number of benzene rings is 1. The highest BCUT2D eigenvalue weighted by atomic mass is 35.5. The predicted molar refractivity (Wildman–Crippen MR) is 79.2 cm³/mol. The maximum absolute atomic E-state index is 11.8. The number of aryl methyl sites for hydroxylation is 1. The number of hydrogen-bond acceptors (Lipinski definition) is 3. The third-order valence-electron chi connectivity index (χ3n) is 3.41. The van der Waals surface area contributed by atoms with Crippen molar-refractivity contribution in [3.05, 3.63) is 24.0 Å². The second kappa shape index (κ2) is 5.32. The molecule has 2 aromatic rings. The number of nitrogens with zero attached hydrogens (tertiary/aromatic N) is 2. The Morgan fingerprint density at radius 2 is 2.20 bits per heavy atom. The van der Waals surface area contributed by atoms with E-state index in [1.807, 2.05) is 22.8 Å². The molecule has 5 nitrogen and oxygen atoms in total. The van der Waals surface area contributed by atoms with Crippen LogP contribution in [0.4, 0.5) is 0 Å². The first-order chi connectivity index (χ1) is 9.41. The van der Waals surface area contributed by atoms with Crippen LogP contribution in [-0.2, 0) is 16.8 Å². The molecule has 0 saturated heterocycles. The van der Waals surface area contributed by atoms with Gasteiger partial charge in [-0.3, -0.25) is 4.79 Å². The van der Waals surface area contributed by atoms with Gasteiger partial charge in [0, 0.05) is 18.4 Å². The second-order valence-corrected chi connectivity index (χ2v) is 5.46. The van der Waals surface area contributed by atoms with E-state index in [0.29, 0.717) is 18.1 Å². The molecule has 2 N–H and O–H groups in total. The molecular formula is C14H18ClN3O2. The lowest BCUT2D eigenvalue weighted by Gasteiger charge is -2.25. The molecule has 6 heteroatoms. The molecule has 1 heterocycles. The fourth-order valence-corrected chi connectivity index (χ4v) is 2.39. The van der Waals surface area contributed by atoms with Gasteiger partial charge in [-0.2, -0.15) is 0 Å². The maximum atomic E-state index is 11.8. The van der Waals surface area contributed by atoms with Gasteiger partial charge in [-0.05, 0) is 26.0 Å². The van der Waals surface area contributed by atoms with E-state index in [1.165, 1.54) is 0 Å². The Morgan fingerprint density at radius 1 is 1.50 bits per heavy atom. The molecule has 0 spiro atoms. The molecule has 0 aliphatic heterocycles. The van der Waals surface area contributed by atoms with E-state index in [1.54, 1.807) is 21.0 Å². The molecule has 0 aliphatic carbocycles. The zero-order valence-electron chi connectivity index (χ0n) is 11.8. The number of halogens is 1. The van der Waals surface area contributed by atoms with Gasteiger partial charge in [0.25, 0.3) is 0 Å². The topological polar surface area (TPSA) is 70.1 Å². The number of imidazole rings is 1. The van der Waals surface area contributed by atoms with Crippen LogP contribution in [0, 0.1) is 0 Å². The Morgan fingerprint density at radius 3 is 2.75 bits per heavy atom. The third kappa shape index (κ3) is 2.33. The van der Waals surface area contributed by atoms with Crippen molar-refractivity contribution in [2.75, 3.05) is 13.0 Å². The average Bonchev–Trinajstić information content (AvgIpc) is 2.76. The molecule has 0 atom stereocenters. The van der Waals surface area contributed by atoms with Crippen LogP contribution in [0.15, 0.2) is 18.2 Å². The number of carbonyl (C=O) groups is 1. The van der Waals surface area contributed by atoms with Gasteiger partial charge in [0.1, 0.15) is 17.1 Å². The smallest absolute Gasteiger partial charge is 0.243 e. The van der Waals surface area contributed by atoms with Crippen LogP contribution in [0.2, 0.25) is 0 Å². The van der Waals surface area contributed by atoms with Gasteiger partial charge in [0.15, 0.2) is 0 Å². The average molecular weight is 296 g/mol. The number of ether oxygens (including phenoxy) is 1. The molecule has 0 aliphatic rings. The van der Waals surface area contributed by atoms with Gasteiger partial charge < -0.3 is 15.0 Å². The zero-order valence-corrected chi connectivity index (χ0v) is 12.6. The van der Waals surface area contributed by atoms with Crippen LogP contribution in [0.5, 0.6) is 5.75 Å². The van der Waals surface area contributed by atoms with E-state index in [4.69, 9.17) is 22.1 Å². The van der Waals surface area contributed by atoms with Gasteiger partial charge in [-0.25, -0.2) is 4.98 Å². The molecule has 0 unspecified atom stereocenters. The summed E-state index contributed by atoms with van der Waals surface area (Å²) in [5.74, 6) is 1.45. The van der Waals surface area contributed by atoms with E-state index in [2.05, 4.69) is 4.98 Å². The van der Waals surface area contributed by atoms with Gasteiger partial charge >= 0.3 is 0 Å². The summed E-state index contributed by atoms with van der Waals surface area (Å²) in [7, 11) is 1.60. The summed E-state index contributed by atoms with van der Waals surface area (Å²) in [6.07, 6.45) is 0.565. The number of carbonyl (C=O) groups excluding carboxylic acids is 1. The first-order valence-corrected chi connectivity index (χ1v) is 6.87. The Kier molecular flexibility index (Phi) is 3.90. The molecular weight excluding hydrogens is 278 g/mol. The lowest BCUT2D eigenvalue weighted by Crippen LogP contribution is -2.42. The molecule has 0 fully saturated rings. The highest BCUT2D eigenvalue weighted by Gasteiger charge is 2.31. The van der Waals surface area contributed by atoms with Gasteiger partial charge in [-0.15, -0.1) is 11.6 Å². The Labute approximate surface area is 122 Å². The fraction of sp³-hybridized carbons (Fsp3) is 0.429. The number of hydrogen-bond donors (Lipinski definition) is 1. The van der Waals surface area contributed by atoms with E-state index < -0.39 is 11.4 Å². The summed E-state index contributed by atoms with van der Waals surface area (Å²) in [5, 5.41) is 0. The largest absolute Gasteiger partial charge is 0.497 e. The Hall–Kier alpha value is -1.75. The van der Waals surface area contributed by atoms with Crippen LogP contribution in [0.25, 0.3) is 11.0 Å². The standard InChI is InChI=1S/C14H18ClN3O2/c1-14(2,13(16)19)18-11-8-9(20-3)4-5-10(11)17-12(18)6-7-15/h4-5,8H,6-7H2,1-3H3,(H2,16,19). The van der Waals surface area contributed by atoms with Crippen LogP contribution in [-0.4, -0.2) is 28.4 Å². The van der Waals surface area contributed by atoms with Crippen molar-refractivity contribution in [1.82, 2.24) is 9.55 Å². The first-order valence-electron chi connectivity index (χ1n) is 6.33. The minimum atomic E-state index is -0.886. The van der Waals surface area contributed by atoms with Crippen molar-refractivity contribution >= 4 is 28.5 Å². The maximum Gasteiger partial charge on any atom is 0.243 e. The lowest BCUT2D eigenvalue weighted by molar-refractivity contribution is -0.125. The number of nitrogens with two attached hydrogens (primary N) is 1. The molecule has 108 valence electrons. The van der Waals surface area contributed by atoms with Gasteiger partial charge in [0.05, 0.1) is 18.1 Å². The molecule has 20 heavy (non-hydrogen) atoms. The summed E-state index contributed by atoms with van der Waals surface area (Å²) >= 11 is 5.83. The summed E-state index contributed by atoms with van der Waals surface area (Å²) in [6, 6.07) is 5.55. The number of primary amides is 1. The zero-order chi connectivity index (χ0) is 14.9. The summed E-state index contributed by atoms with van der Waals surface area (Å²) < 4.78 is 7.08. The van der Waals surface area contributed by atoms with Crippen LogP contribution < -0.4 is 10.5 Å². The third-order valence-corrected chi connectivity index (χ3v) is 3.60. The summed E-state index contributed by atoms with van der Waals surface area (Å²) in [5.41, 5.74) is 6.25. The normalized spacial score (nSPS) is 11.8. The first kappa shape index (κ1) is 14.7. The number of fused-ring (bicyclic) bond motifs is 1. The molecule has 0 saturated carbocycles. The van der Waals surface area contributed by atoms with Crippen molar-refractivity contribution in [2.24, 2.45) is 5.73 Å². The fourth-order valence-electron chi connectivity index (χ4n) is 2.22. The SMILES string of the molecule is COc1ccc2nc(CCCl)n(C(C)(C)C(N)=O)c2c1. The van der Waals surface area contributed by atoms with Crippen LogP contribution in [0.3, 0.4) is 0 Å². The molecule has 1 amide bonds.